The zero-order valence-electron chi connectivity index (χ0n) is 19.1. The van der Waals surface area contributed by atoms with Crippen LogP contribution in [0.4, 0.5) is 0 Å². The molecule has 0 saturated carbocycles. The second-order valence-corrected chi connectivity index (χ2v) is 9.55. The van der Waals surface area contributed by atoms with Gasteiger partial charge in [0, 0.05) is 24.0 Å². The van der Waals surface area contributed by atoms with Crippen LogP contribution >= 0.6 is 12.2 Å². The fourth-order valence-corrected chi connectivity index (χ4v) is 4.50. The Kier molecular flexibility index (Phi) is 8.08. The lowest BCUT2D eigenvalue weighted by Crippen LogP contribution is -3.12. The van der Waals surface area contributed by atoms with Gasteiger partial charge in [0.2, 0.25) is 4.77 Å². The van der Waals surface area contributed by atoms with Gasteiger partial charge in [-0.2, -0.15) is 4.68 Å². The highest BCUT2D eigenvalue weighted by molar-refractivity contribution is 7.71. The van der Waals surface area contributed by atoms with Crippen molar-refractivity contribution in [2.75, 3.05) is 26.8 Å². The summed E-state index contributed by atoms with van der Waals surface area (Å²) in [6.45, 7) is 13.7. The van der Waals surface area contributed by atoms with E-state index in [2.05, 4.69) is 44.4 Å². The molecule has 6 nitrogen and oxygen atoms in total. The van der Waals surface area contributed by atoms with E-state index in [1.807, 2.05) is 16.8 Å². The van der Waals surface area contributed by atoms with E-state index in [0.717, 1.165) is 67.7 Å². The second kappa shape index (κ2) is 10.6. The van der Waals surface area contributed by atoms with Crippen LogP contribution in [-0.4, -0.2) is 47.3 Å². The number of ether oxygens (including phenoxy) is 2. The van der Waals surface area contributed by atoms with Crippen molar-refractivity contribution in [1.29, 1.82) is 0 Å². The van der Waals surface area contributed by atoms with E-state index < -0.39 is 0 Å². The van der Waals surface area contributed by atoms with Crippen molar-refractivity contribution in [2.24, 2.45) is 11.8 Å². The molecule has 166 valence electrons. The summed E-state index contributed by atoms with van der Waals surface area (Å²) < 4.78 is 16.2. The fourth-order valence-electron chi connectivity index (χ4n) is 4.23. The maximum absolute atomic E-state index is 5.91. The van der Waals surface area contributed by atoms with Crippen LogP contribution in [-0.2, 0) is 18.0 Å². The Balaban J connectivity index is 1.94. The van der Waals surface area contributed by atoms with Gasteiger partial charge in [-0.25, -0.2) is 0 Å². The average molecular weight is 434 g/mol. The summed E-state index contributed by atoms with van der Waals surface area (Å²) in [7, 11) is 1.68. The van der Waals surface area contributed by atoms with Crippen LogP contribution in [0.5, 0.6) is 5.75 Å². The number of hydrogen-bond acceptors (Lipinski definition) is 4. The van der Waals surface area contributed by atoms with Gasteiger partial charge in [0.05, 0.1) is 32.8 Å². The number of methoxy groups -OCH3 is 1. The predicted molar refractivity (Wildman–Crippen MR) is 122 cm³/mol. The Morgan fingerprint density at radius 2 is 1.83 bits per heavy atom. The molecule has 0 radical (unpaired) electrons. The summed E-state index contributed by atoms with van der Waals surface area (Å²) in [5.74, 6) is 3.00. The number of hydrogen-bond donors (Lipinski definition) is 1. The number of quaternary nitrogens is 1. The smallest absolute Gasteiger partial charge is 0.203 e. The third kappa shape index (κ3) is 5.93. The minimum Gasteiger partial charge on any atom is -0.497 e. The first-order chi connectivity index (χ1) is 14.4. The fraction of sp³-hybridized carbons (Fsp3) is 0.652. The highest BCUT2D eigenvalue weighted by atomic mass is 32.1. The van der Waals surface area contributed by atoms with Gasteiger partial charge in [-0.05, 0) is 49.3 Å². The number of nitrogens with one attached hydrogen (secondary N) is 1. The molecule has 0 aliphatic carbocycles. The topological polar surface area (TPSA) is 45.7 Å². The van der Waals surface area contributed by atoms with Gasteiger partial charge in [0.25, 0.3) is 0 Å². The molecule has 1 aromatic heterocycles. The first-order valence-corrected chi connectivity index (χ1v) is 11.6. The SMILES string of the molecule is COc1ccc(-c2nn(C[NH+](CC(C)C)CC(C)C)c(=S)n2C[C@H]2CCCO2)cc1. The maximum atomic E-state index is 5.91. The Labute approximate surface area is 185 Å². The molecule has 0 unspecified atom stereocenters. The standard InChI is InChI=1S/C23H36N4O2S/c1-17(2)13-25(14-18(3)4)16-27-23(30)26(15-21-7-6-12-29-21)22(24-27)19-8-10-20(28-5)11-9-19/h8-11,17-18,21H,6-7,12-16H2,1-5H3/p+1/t21-/m1/s1. The van der Waals surface area contributed by atoms with Crippen LogP contribution in [0.3, 0.4) is 0 Å². The summed E-state index contributed by atoms with van der Waals surface area (Å²) in [6.07, 6.45) is 2.40. The average Bonchev–Trinajstić information content (AvgIpc) is 3.31. The van der Waals surface area contributed by atoms with E-state index in [9.17, 15) is 0 Å². The lowest BCUT2D eigenvalue weighted by atomic mass is 10.1. The zero-order valence-corrected chi connectivity index (χ0v) is 19.9. The monoisotopic (exact) mass is 433 g/mol. The van der Waals surface area contributed by atoms with Gasteiger partial charge in [-0.1, -0.05) is 27.7 Å². The lowest BCUT2D eigenvalue weighted by Gasteiger charge is -2.22. The molecule has 7 heteroatoms. The molecule has 1 N–H and O–H groups in total. The molecule has 3 rings (SSSR count). The van der Waals surface area contributed by atoms with Gasteiger partial charge in [0.15, 0.2) is 12.5 Å². The second-order valence-electron chi connectivity index (χ2n) is 9.18. The number of rotatable bonds is 10. The Morgan fingerprint density at radius 3 is 2.37 bits per heavy atom. The van der Waals surface area contributed by atoms with E-state index in [4.69, 9.17) is 26.8 Å². The van der Waals surface area contributed by atoms with Crippen molar-refractivity contribution < 1.29 is 14.4 Å². The summed E-state index contributed by atoms with van der Waals surface area (Å²) in [5.41, 5.74) is 1.05. The molecule has 0 spiro atoms. The Bertz CT molecular complexity index is 841. The van der Waals surface area contributed by atoms with Crippen LogP contribution in [0.1, 0.15) is 40.5 Å². The Hall–Kier alpha value is -1.70. The van der Waals surface area contributed by atoms with Crippen LogP contribution in [0.25, 0.3) is 11.4 Å². The van der Waals surface area contributed by atoms with Gasteiger partial charge < -0.3 is 14.4 Å². The van der Waals surface area contributed by atoms with Crippen molar-refractivity contribution in [2.45, 2.75) is 59.9 Å². The van der Waals surface area contributed by atoms with Gasteiger partial charge in [-0.3, -0.25) is 4.57 Å². The van der Waals surface area contributed by atoms with Crippen LogP contribution in [0, 0.1) is 16.6 Å². The molecule has 1 fully saturated rings. The molecule has 2 heterocycles. The highest BCUT2D eigenvalue weighted by Gasteiger charge is 2.22. The largest absolute Gasteiger partial charge is 0.497 e. The molecule has 1 aromatic carbocycles. The van der Waals surface area contributed by atoms with E-state index in [1.54, 1.807) is 7.11 Å². The zero-order chi connectivity index (χ0) is 21.7. The molecule has 1 atom stereocenters. The predicted octanol–water partition coefficient (Wildman–Crippen LogP) is 3.42. The van der Waals surface area contributed by atoms with Crippen molar-refractivity contribution in [3.63, 3.8) is 0 Å². The van der Waals surface area contributed by atoms with Crippen molar-refractivity contribution in [3.8, 4) is 17.1 Å². The molecule has 1 aliphatic heterocycles. The number of aromatic nitrogens is 3. The molecule has 1 saturated heterocycles. The molecule has 30 heavy (non-hydrogen) atoms. The van der Waals surface area contributed by atoms with Gasteiger partial charge in [0.1, 0.15) is 5.75 Å². The van der Waals surface area contributed by atoms with E-state index in [-0.39, 0.29) is 6.10 Å². The third-order valence-electron chi connectivity index (χ3n) is 5.45. The van der Waals surface area contributed by atoms with Gasteiger partial charge >= 0.3 is 0 Å². The quantitative estimate of drug-likeness (QED) is 0.583. The molecular formula is C23H37N4O2S+. The van der Waals surface area contributed by atoms with Crippen molar-refractivity contribution >= 4 is 12.2 Å². The summed E-state index contributed by atoms with van der Waals surface area (Å²) in [4.78, 5) is 1.51. The molecule has 0 bridgehead atoms. The van der Waals surface area contributed by atoms with E-state index >= 15 is 0 Å². The molecule has 1 aliphatic rings. The summed E-state index contributed by atoms with van der Waals surface area (Å²) in [5, 5.41) is 4.99. The molecular weight excluding hydrogens is 396 g/mol. The van der Waals surface area contributed by atoms with Crippen molar-refractivity contribution in [1.82, 2.24) is 14.3 Å². The van der Waals surface area contributed by atoms with Crippen LogP contribution in [0.2, 0.25) is 0 Å². The minimum atomic E-state index is 0.209. The maximum Gasteiger partial charge on any atom is 0.203 e. The first-order valence-electron chi connectivity index (χ1n) is 11.1. The van der Waals surface area contributed by atoms with Crippen molar-refractivity contribution in [3.05, 3.63) is 29.0 Å². The molecule has 2 aromatic rings. The molecule has 0 amide bonds. The van der Waals surface area contributed by atoms with E-state index in [0.29, 0.717) is 11.8 Å². The normalized spacial score (nSPS) is 16.9. The van der Waals surface area contributed by atoms with Crippen LogP contribution in [0.15, 0.2) is 24.3 Å². The van der Waals surface area contributed by atoms with Crippen LogP contribution < -0.4 is 9.64 Å². The summed E-state index contributed by atoms with van der Waals surface area (Å²) >= 11 is 5.91. The summed E-state index contributed by atoms with van der Waals surface area (Å²) in [6, 6.07) is 8.06. The Morgan fingerprint density at radius 1 is 1.17 bits per heavy atom. The minimum absolute atomic E-state index is 0.209. The number of benzene rings is 1. The number of nitrogens with zero attached hydrogens (tertiary/aromatic N) is 3. The van der Waals surface area contributed by atoms with Gasteiger partial charge in [-0.15, -0.1) is 5.10 Å². The lowest BCUT2D eigenvalue weighted by molar-refractivity contribution is -0.929. The first kappa shape index (κ1) is 23.0. The third-order valence-corrected chi connectivity index (χ3v) is 5.88. The highest BCUT2D eigenvalue weighted by Crippen LogP contribution is 2.24. The van der Waals surface area contributed by atoms with E-state index in [1.165, 1.54) is 4.90 Å².